The molecule has 1 aliphatic carbocycles. The third-order valence-electron chi connectivity index (χ3n) is 5.01. The van der Waals surface area contributed by atoms with Crippen LogP contribution in [0.2, 0.25) is 0 Å². The number of rotatable bonds is 2. The summed E-state index contributed by atoms with van der Waals surface area (Å²) in [7, 11) is 0. The van der Waals surface area contributed by atoms with E-state index in [-0.39, 0.29) is 11.8 Å². The van der Waals surface area contributed by atoms with Gasteiger partial charge < -0.3 is 0 Å². The Bertz CT molecular complexity index is 1020. The second kappa shape index (κ2) is 5.95. The molecule has 3 heteroatoms. The Balaban J connectivity index is 1.91. The molecule has 1 atom stereocenters. The average Bonchev–Trinajstić information content (AvgIpc) is 2.82. The average molecular weight is 341 g/mol. The molecule has 4 rings (SSSR count). The van der Waals surface area contributed by atoms with E-state index in [2.05, 4.69) is 6.58 Å². The number of nitrogens with zero attached hydrogens (tertiary/aromatic N) is 1. The van der Waals surface area contributed by atoms with Crippen molar-refractivity contribution in [1.82, 2.24) is 4.90 Å². The maximum atomic E-state index is 13.3. The Labute approximate surface area is 152 Å². The van der Waals surface area contributed by atoms with Crippen LogP contribution in [0.1, 0.15) is 34.6 Å². The Morgan fingerprint density at radius 1 is 1.04 bits per heavy atom. The van der Waals surface area contributed by atoms with E-state index in [0.717, 1.165) is 27.5 Å². The molecule has 128 valence electrons. The molecular formula is C23H19NO2. The number of allylic oxidation sites excluding steroid dienone is 5. The lowest BCUT2D eigenvalue weighted by molar-refractivity contribution is 0.0589. The van der Waals surface area contributed by atoms with Gasteiger partial charge in [0.1, 0.15) is 0 Å². The van der Waals surface area contributed by atoms with Crippen molar-refractivity contribution >= 4 is 22.6 Å². The van der Waals surface area contributed by atoms with E-state index < -0.39 is 6.04 Å². The number of imide groups is 1. The minimum atomic E-state index is -0.430. The SMILES string of the molecule is C=C(C)C1=C[C@H](N2C(=O)c3cccc4cccc(c34)C2=O)C(C)=CC=C1. The predicted molar refractivity (Wildman–Crippen MR) is 104 cm³/mol. The fourth-order valence-corrected chi connectivity index (χ4v) is 3.62. The van der Waals surface area contributed by atoms with Crippen molar-refractivity contribution < 1.29 is 9.59 Å². The van der Waals surface area contributed by atoms with E-state index >= 15 is 0 Å². The first-order chi connectivity index (χ1) is 12.5. The zero-order valence-corrected chi connectivity index (χ0v) is 14.8. The van der Waals surface area contributed by atoms with E-state index in [1.165, 1.54) is 4.90 Å². The van der Waals surface area contributed by atoms with Crippen molar-refractivity contribution in [2.75, 3.05) is 0 Å². The molecule has 1 aliphatic heterocycles. The molecule has 2 aromatic rings. The topological polar surface area (TPSA) is 37.4 Å². The predicted octanol–water partition coefficient (Wildman–Crippen LogP) is 4.82. The number of carbonyl (C=O) groups excluding carboxylic acids is 2. The van der Waals surface area contributed by atoms with Crippen LogP contribution < -0.4 is 0 Å². The van der Waals surface area contributed by atoms with Crippen LogP contribution in [0.4, 0.5) is 0 Å². The molecule has 0 saturated heterocycles. The third-order valence-corrected chi connectivity index (χ3v) is 5.01. The number of hydrogen-bond acceptors (Lipinski definition) is 2. The van der Waals surface area contributed by atoms with Gasteiger partial charge in [0.15, 0.2) is 0 Å². The zero-order chi connectivity index (χ0) is 18.4. The van der Waals surface area contributed by atoms with Gasteiger partial charge in [0, 0.05) is 16.5 Å². The smallest absolute Gasteiger partial charge is 0.262 e. The summed E-state index contributed by atoms with van der Waals surface area (Å²) in [6, 6.07) is 10.7. The summed E-state index contributed by atoms with van der Waals surface area (Å²) < 4.78 is 0. The molecule has 1 heterocycles. The van der Waals surface area contributed by atoms with Crippen LogP contribution >= 0.6 is 0 Å². The molecule has 2 aliphatic rings. The quantitative estimate of drug-likeness (QED) is 0.734. The monoisotopic (exact) mass is 341 g/mol. The third kappa shape index (κ3) is 2.36. The molecule has 26 heavy (non-hydrogen) atoms. The van der Waals surface area contributed by atoms with Gasteiger partial charge in [-0.25, -0.2) is 0 Å². The van der Waals surface area contributed by atoms with Gasteiger partial charge in [-0.1, -0.05) is 54.6 Å². The molecule has 0 fully saturated rings. The van der Waals surface area contributed by atoms with E-state index in [9.17, 15) is 9.59 Å². The summed E-state index contributed by atoms with van der Waals surface area (Å²) >= 11 is 0. The summed E-state index contributed by atoms with van der Waals surface area (Å²) in [5.41, 5.74) is 3.92. The van der Waals surface area contributed by atoms with E-state index in [0.29, 0.717) is 11.1 Å². The van der Waals surface area contributed by atoms with Gasteiger partial charge in [0.25, 0.3) is 11.8 Å². The summed E-state index contributed by atoms with van der Waals surface area (Å²) in [5.74, 6) is -0.507. The first-order valence-electron chi connectivity index (χ1n) is 8.61. The Hall–Kier alpha value is -3.20. The molecule has 0 spiro atoms. The fourth-order valence-electron chi connectivity index (χ4n) is 3.62. The summed E-state index contributed by atoms with van der Waals surface area (Å²) in [6.45, 7) is 7.86. The minimum Gasteiger partial charge on any atom is -0.269 e. The lowest BCUT2D eigenvalue weighted by Gasteiger charge is -2.33. The van der Waals surface area contributed by atoms with Crippen LogP contribution in [0.15, 0.2) is 84.0 Å². The van der Waals surface area contributed by atoms with Crippen molar-refractivity contribution in [3.63, 3.8) is 0 Å². The second-order valence-corrected chi connectivity index (χ2v) is 6.81. The fraction of sp³-hybridized carbons (Fsp3) is 0.130. The molecule has 0 saturated carbocycles. The Morgan fingerprint density at radius 2 is 1.65 bits per heavy atom. The van der Waals surface area contributed by atoms with Crippen molar-refractivity contribution in [1.29, 1.82) is 0 Å². The molecule has 3 nitrogen and oxygen atoms in total. The van der Waals surface area contributed by atoms with Crippen LogP contribution in [0.25, 0.3) is 10.8 Å². The van der Waals surface area contributed by atoms with Crippen molar-refractivity contribution in [3.8, 4) is 0 Å². The maximum Gasteiger partial charge on any atom is 0.262 e. The second-order valence-electron chi connectivity index (χ2n) is 6.81. The van der Waals surface area contributed by atoms with Crippen LogP contribution in [0.5, 0.6) is 0 Å². The van der Waals surface area contributed by atoms with E-state index in [1.54, 1.807) is 12.1 Å². The summed E-state index contributed by atoms with van der Waals surface area (Å²) in [5, 5.41) is 1.66. The highest BCUT2D eigenvalue weighted by Gasteiger charge is 2.37. The van der Waals surface area contributed by atoms with Gasteiger partial charge in [-0.05, 0) is 48.6 Å². The van der Waals surface area contributed by atoms with Crippen LogP contribution in [-0.4, -0.2) is 22.8 Å². The molecule has 2 amide bonds. The number of benzene rings is 2. The molecule has 0 N–H and O–H groups in total. The van der Waals surface area contributed by atoms with Gasteiger partial charge in [0.2, 0.25) is 0 Å². The van der Waals surface area contributed by atoms with Gasteiger partial charge in [-0.2, -0.15) is 0 Å². The molecule has 2 aromatic carbocycles. The minimum absolute atomic E-state index is 0.253. The first kappa shape index (κ1) is 16.3. The highest BCUT2D eigenvalue weighted by molar-refractivity contribution is 6.25. The van der Waals surface area contributed by atoms with E-state index in [1.807, 2.05) is 62.4 Å². The van der Waals surface area contributed by atoms with Crippen LogP contribution in [0.3, 0.4) is 0 Å². The van der Waals surface area contributed by atoms with E-state index in [4.69, 9.17) is 0 Å². The van der Waals surface area contributed by atoms with Gasteiger partial charge in [-0.3, -0.25) is 14.5 Å². The summed E-state index contributed by atoms with van der Waals surface area (Å²) in [6.07, 6.45) is 7.78. The summed E-state index contributed by atoms with van der Waals surface area (Å²) in [4.78, 5) is 27.9. The maximum absolute atomic E-state index is 13.3. The Morgan fingerprint density at radius 3 is 2.23 bits per heavy atom. The van der Waals surface area contributed by atoms with Crippen molar-refractivity contribution in [2.45, 2.75) is 19.9 Å². The number of carbonyl (C=O) groups is 2. The van der Waals surface area contributed by atoms with Crippen molar-refractivity contribution in [3.05, 3.63) is 95.1 Å². The van der Waals surface area contributed by atoms with Gasteiger partial charge >= 0.3 is 0 Å². The number of amides is 2. The van der Waals surface area contributed by atoms with Crippen LogP contribution in [0, 0.1) is 0 Å². The molecule has 0 bridgehead atoms. The molecule has 0 unspecified atom stereocenters. The lowest BCUT2D eigenvalue weighted by atomic mass is 9.91. The number of hydrogen-bond donors (Lipinski definition) is 0. The molecule has 0 aromatic heterocycles. The molecular weight excluding hydrogens is 322 g/mol. The Kier molecular flexibility index (Phi) is 3.73. The largest absolute Gasteiger partial charge is 0.269 e. The van der Waals surface area contributed by atoms with Gasteiger partial charge in [0.05, 0.1) is 6.04 Å². The standard InChI is InChI=1S/C23H19NO2/c1-14(2)17-10-4-7-15(3)20(13-17)24-22(25)18-11-5-8-16-9-6-12-19(21(16)18)23(24)26/h4-13,20H,1H2,2-3H3/t20-/m0/s1. The molecule has 0 radical (unpaired) electrons. The van der Waals surface area contributed by atoms with Gasteiger partial charge in [-0.15, -0.1) is 0 Å². The normalized spacial score (nSPS) is 19.3. The highest BCUT2D eigenvalue weighted by Crippen LogP contribution is 2.33. The van der Waals surface area contributed by atoms with Crippen molar-refractivity contribution in [2.24, 2.45) is 0 Å². The first-order valence-corrected chi connectivity index (χ1v) is 8.61. The van der Waals surface area contributed by atoms with Crippen LogP contribution in [-0.2, 0) is 0 Å². The highest BCUT2D eigenvalue weighted by atomic mass is 16.2. The zero-order valence-electron chi connectivity index (χ0n) is 14.8. The lowest BCUT2D eigenvalue weighted by Crippen LogP contribution is -2.47.